The molecule has 5 heteroatoms. The van der Waals surface area contributed by atoms with E-state index < -0.39 is 0 Å². The van der Waals surface area contributed by atoms with Crippen LogP contribution in [0.2, 0.25) is 0 Å². The average molecular weight is 620 g/mol. The molecule has 0 amide bonds. The molecule has 0 radical (unpaired) electrons. The summed E-state index contributed by atoms with van der Waals surface area (Å²) in [5.74, 6) is 3.90. The predicted molar refractivity (Wildman–Crippen MR) is 191 cm³/mol. The molecule has 1 aliphatic heterocycles. The third-order valence-corrected chi connectivity index (χ3v) is 9.76. The molecular weight excluding hydrogens is 590 g/mol. The van der Waals surface area contributed by atoms with Crippen LogP contribution in [0.25, 0.3) is 55.4 Å². The molecule has 2 atom stereocenters. The van der Waals surface area contributed by atoms with E-state index in [1.165, 1.54) is 21.9 Å². The molecule has 0 bridgehead atoms. The molecule has 2 unspecified atom stereocenters. The fourth-order valence-corrected chi connectivity index (χ4v) is 7.44. The van der Waals surface area contributed by atoms with Crippen molar-refractivity contribution >= 4 is 32.9 Å². The number of aromatic nitrogens is 3. The summed E-state index contributed by atoms with van der Waals surface area (Å²) < 4.78 is 13.1. The van der Waals surface area contributed by atoms with Gasteiger partial charge in [0, 0.05) is 45.6 Å². The summed E-state index contributed by atoms with van der Waals surface area (Å²) in [6.45, 7) is 0. The van der Waals surface area contributed by atoms with E-state index in [0.717, 1.165) is 63.2 Å². The van der Waals surface area contributed by atoms with Gasteiger partial charge in [-0.05, 0) is 52.6 Å². The van der Waals surface area contributed by atoms with Crippen LogP contribution in [0.15, 0.2) is 144 Å². The van der Waals surface area contributed by atoms with Crippen LogP contribution in [0.3, 0.4) is 0 Å². The molecule has 0 N–H and O–H groups in total. The number of ether oxygens (including phenoxy) is 1. The number of nitrogens with zero attached hydrogens (tertiary/aromatic N) is 3. The molecule has 0 spiro atoms. The lowest BCUT2D eigenvalue weighted by molar-refractivity contribution is 0.277. The van der Waals surface area contributed by atoms with E-state index in [1.54, 1.807) is 0 Å². The van der Waals surface area contributed by atoms with Crippen molar-refractivity contribution in [1.29, 1.82) is 0 Å². The minimum absolute atomic E-state index is 0.108. The predicted octanol–water partition coefficient (Wildman–Crippen LogP) is 9.98. The van der Waals surface area contributed by atoms with Crippen molar-refractivity contribution in [2.75, 3.05) is 0 Å². The van der Waals surface area contributed by atoms with Crippen LogP contribution in [-0.2, 0) is 6.42 Å². The highest BCUT2D eigenvalue weighted by Crippen LogP contribution is 2.46. The van der Waals surface area contributed by atoms with Crippen molar-refractivity contribution in [3.05, 3.63) is 168 Å². The standard InChI is InChI=1S/C43H29N3O2/c1-2-11-27(12-3-1)41-44-42(46-43(45-41)35-17-8-15-32-31-14-6-7-18-36(31)48-40(32)35)34-16-9-19-37-39(34)33-23-22-30(25-38(33)47-37)29-21-20-26-10-4-5-13-28(26)24-29/h1-8,10-18,20-25,32,40H,9,19H2. The zero-order valence-electron chi connectivity index (χ0n) is 26.0. The Bertz CT molecular complexity index is 2510. The summed E-state index contributed by atoms with van der Waals surface area (Å²) in [7, 11) is 0. The monoisotopic (exact) mass is 619 g/mol. The number of aryl methyl sites for hydroxylation is 1. The first-order valence-electron chi connectivity index (χ1n) is 16.5. The maximum Gasteiger partial charge on any atom is 0.164 e. The number of hydrogen-bond acceptors (Lipinski definition) is 5. The molecule has 0 saturated heterocycles. The first-order chi connectivity index (χ1) is 23.8. The van der Waals surface area contributed by atoms with Crippen molar-refractivity contribution in [1.82, 2.24) is 15.0 Å². The Morgan fingerprint density at radius 3 is 2.35 bits per heavy atom. The molecule has 7 aromatic rings. The zero-order chi connectivity index (χ0) is 31.6. The van der Waals surface area contributed by atoms with Crippen molar-refractivity contribution in [3.8, 4) is 28.3 Å². The Labute approximate surface area is 277 Å². The molecular formula is C43H29N3O2. The van der Waals surface area contributed by atoms with Crippen LogP contribution in [0.5, 0.6) is 5.75 Å². The van der Waals surface area contributed by atoms with E-state index in [9.17, 15) is 0 Å². The average Bonchev–Trinajstić information content (AvgIpc) is 3.73. The van der Waals surface area contributed by atoms with Gasteiger partial charge in [-0.1, -0.05) is 115 Å². The van der Waals surface area contributed by atoms with E-state index in [-0.39, 0.29) is 12.0 Å². The van der Waals surface area contributed by atoms with Gasteiger partial charge in [0.05, 0.1) is 0 Å². The fraction of sp³-hybridized carbons (Fsp3) is 0.0930. The second-order valence-electron chi connectivity index (χ2n) is 12.6. The molecule has 5 nitrogen and oxygen atoms in total. The SMILES string of the molecule is C1=CC2c3ccccc3OC2C(c2nc(C3=CCCc4oc5cc(-c6ccc7ccccc7c6)ccc5c43)nc(-c3ccccc3)n2)=C1. The van der Waals surface area contributed by atoms with Gasteiger partial charge in [0.1, 0.15) is 23.2 Å². The number of rotatable bonds is 4. The molecule has 2 aliphatic carbocycles. The fourth-order valence-electron chi connectivity index (χ4n) is 7.44. The smallest absolute Gasteiger partial charge is 0.164 e. The summed E-state index contributed by atoms with van der Waals surface area (Å²) in [4.78, 5) is 15.4. The van der Waals surface area contributed by atoms with Gasteiger partial charge in [0.25, 0.3) is 0 Å². The summed E-state index contributed by atoms with van der Waals surface area (Å²) in [6.07, 6.45) is 10.1. The van der Waals surface area contributed by atoms with Gasteiger partial charge in [-0.3, -0.25) is 0 Å². The van der Waals surface area contributed by atoms with Gasteiger partial charge in [0.15, 0.2) is 17.5 Å². The summed E-state index contributed by atoms with van der Waals surface area (Å²) >= 11 is 0. The first-order valence-corrected chi connectivity index (χ1v) is 16.5. The van der Waals surface area contributed by atoms with Crippen LogP contribution >= 0.6 is 0 Å². The molecule has 3 heterocycles. The topological polar surface area (TPSA) is 61.0 Å². The number of hydrogen-bond donors (Lipinski definition) is 0. The summed E-state index contributed by atoms with van der Waals surface area (Å²) in [6, 6.07) is 40.0. The Balaban J connectivity index is 1.09. The van der Waals surface area contributed by atoms with E-state index in [1.807, 2.05) is 42.5 Å². The molecule has 228 valence electrons. The minimum atomic E-state index is -0.203. The number of furan rings is 1. The summed E-state index contributed by atoms with van der Waals surface area (Å²) in [5.41, 5.74) is 8.29. The molecule has 5 aromatic carbocycles. The highest BCUT2D eigenvalue weighted by atomic mass is 16.5. The van der Waals surface area contributed by atoms with Gasteiger partial charge in [-0.25, -0.2) is 15.0 Å². The van der Waals surface area contributed by atoms with Gasteiger partial charge in [0.2, 0.25) is 0 Å². The van der Waals surface area contributed by atoms with Crippen LogP contribution in [0.1, 0.15) is 40.9 Å². The highest BCUT2D eigenvalue weighted by Gasteiger charge is 2.38. The Hall–Kier alpha value is -6.07. The van der Waals surface area contributed by atoms with Crippen LogP contribution < -0.4 is 4.74 Å². The largest absolute Gasteiger partial charge is 0.484 e. The second kappa shape index (κ2) is 10.7. The van der Waals surface area contributed by atoms with Crippen LogP contribution in [-0.4, -0.2) is 21.1 Å². The molecule has 0 fully saturated rings. The van der Waals surface area contributed by atoms with Gasteiger partial charge >= 0.3 is 0 Å². The number of benzene rings is 5. The quantitative estimate of drug-likeness (QED) is 0.196. The molecule has 10 rings (SSSR count). The number of para-hydroxylation sites is 1. The number of allylic oxidation sites excluding steroid dienone is 3. The Morgan fingerprint density at radius 2 is 1.42 bits per heavy atom. The highest BCUT2D eigenvalue weighted by molar-refractivity contribution is 5.99. The lowest BCUT2D eigenvalue weighted by Crippen LogP contribution is -2.23. The van der Waals surface area contributed by atoms with Crippen molar-refractivity contribution in [2.24, 2.45) is 0 Å². The Morgan fingerprint density at radius 1 is 0.646 bits per heavy atom. The zero-order valence-corrected chi connectivity index (χ0v) is 26.0. The van der Waals surface area contributed by atoms with E-state index >= 15 is 0 Å². The second-order valence-corrected chi connectivity index (χ2v) is 12.6. The van der Waals surface area contributed by atoms with Crippen molar-refractivity contribution in [2.45, 2.75) is 24.9 Å². The molecule has 2 aromatic heterocycles. The molecule has 3 aliphatic rings. The van der Waals surface area contributed by atoms with Gasteiger partial charge in [-0.15, -0.1) is 0 Å². The third kappa shape index (κ3) is 4.35. The number of fused-ring (bicyclic) bond motifs is 7. The molecule has 0 saturated carbocycles. The normalized spacial score (nSPS) is 17.8. The van der Waals surface area contributed by atoms with Crippen LogP contribution in [0.4, 0.5) is 0 Å². The lowest BCUT2D eigenvalue weighted by Gasteiger charge is -2.22. The molecule has 48 heavy (non-hydrogen) atoms. The van der Waals surface area contributed by atoms with Gasteiger partial charge in [-0.2, -0.15) is 0 Å². The maximum atomic E-state index is 6.59. The minimum Gasteiger partial charge on any atom is -0.484 e. The van der Waals surface area contributed by atoms with E-state index in [4.69, 9.17) is 24.1 Å². The van der Waals surface area contributed by atoms with Crippen LogP contribution in [0, 0.1) is 0 Å². The Kier molecular flexibility index (Phi) is 6.06. The van der Waals surface area contributed by atoms with E-state index in [2.05, 4.69) is 97.1 Å². The lowest BCUT2D eigenvalue weighted by atomic mass is 9.87. The van der Waals surface area contributed by atoms with Crippen molar-refractivity contribution in [3.63, 3.8) is 0 Å². The maximum absolute atomic E-state index is 6.59. The van der Waals surface area contributed by atoms with Gasteiger partial charge < -0.3 is 9.15 Å². The first kappa shape index (κ1) is 27.1. The van der Waals surface area contributed by atoms with Crippen molar-refractivity contribution < 1.29 is 9.15 Å². The summed E-state index contributed by atoms with van der Waals surface area (Å²) in [5, 5.41) is 3.52. The van der Waals surface area contributed by atoms with E-state index in [0.29, 0.717) is 17.5 Å². The third-order valence-electron chi connectivity index (χ3n) is 9.76.